The molecule has 0 aliphatic carbocycles. The zero-order valence-electron chi connectivity index (χ0n) is 14.9. The van der Waals surface area contributed by atoms with Gasteiger partial charge < -0.3 is 14.7 Å². The second-order valence-corrected chi connectivity index (χ2v) is 8.14. The van der Waals surface area contributed by atoms with Gasteiger partial charge in [-0.05, 0) is 30.0 Å². The van der Waals surface area contributed by atoms with Crippen LogP contribution in [0.4, 0.5) is 0 Å². The molecule has 0 bridgehead atoms. The molecule has 0 radical (unpaired) electrons. The minimum absolute atomic E-state index is 0.208. The smallest absolute Gasteiger partial charge is 0.163 e. The highest BCUT2D eigenvalue weighted by molar-refractivity contribution is 7.13. The Bertz CT molecular complexity index is 767. The number of piperidine rings is 1. The number of hydrogen-bond acceptors (Lipinski definition) is 6. The van der Waals surface area contributed by atoms with Crippen molar-refractivity contribution >= 4 is 17.6 Å². The summed E-state index contributed by atoms with van der Waals surface area (Å²) in [6.45, 7) is 2.96. The largest absolute Gasteiger partial charge is 0.411 e. The van der Waals surface area contributed by atoms with Crippen molar-refractivity contribution in [1.29, 1.82) is 0 Å². The van der Waals surface area contributed by atoms with E-state index in [2.05, 4.69) is 46.5 Å². The maximum atomic E-state index is 8.87. The van der Waals surface area contributed by atoms with Gasteiger partial charge in [-0.3, -0.25) is 4.90 Å². The van der Waals surface area contributed by atoms with Gasteiger partial charge in [0, 0.05) is 42.9 Å². The second-order valence-electron chi connectivity index (χ2n) is 6.97. The standard InChI is InChI=1S/C20H24N2O3S/c1-24-19-12-18-17(11-16(26-18)13-21-23)20(25-19)7-9-22(10-8-20)14-15-5-3-2-4-6-15/h2-6,11,13,19,23H,7-10,12,14H2,1H3/b21-13+. The van der Waals surface area contributed by atoms with E-state index in [1.165, 1.54) is 22.2 Å². The van der Waals surface area contributed by atoms with E-state index >= 15 is 0 Å². The van der Waals surface area contributed by atoms with Gasteiger partial charge in [-0.1, -0.05) is 35.5 Å². The molecule has 0 amide bonds. The molecule has 1 aromatic heterocycles. The zero-order chi connectivity index (χ0) is 18.0. The summed E-state index contributed by atoms with van der Waals surface area (Å²) in [5, 5.41) is 12.1. The first kappa shape index (κ1) is 17.7. The van der Waals surface area contributed by atoms with E-state index in [0.29, 0.717) is 0 Å². The van der Waals surface area contributed by atoms with Crippen molar-refractivity contribution in [3.8, 4) is 0 Å². The molecule has 1 saturated heterocycles. The van der Waals surface area contributed by atoms with Crippen molar-refractivity contribution in [2.45, 2.75) is 37.7 Å². The van der Waals surface area contributed by atoms with Crippen LogP contribution in [0.5, 0.6) is 0 Å². The first-order valence-electron chi connectivity index (χ1n) is 9.00. The van der Waals surface area contributed by atoms with Gasteiger partial charge in [0.05, 0.1) is 11.8 Å². The van der Waals surface area contributed by atoms with E-state index in [9.17, 15) is 0 Å². The molecule has 5 nitrogen and oxygen atoms in total. The Kier molecular flexibility index (Phi) is 5.09. The fourth-order valence-corrected chi connectivity index (χ4v) is 5.18. The van der Waals surface area contributed by atoms with Crippen LogP contribution in [0.15, 0.2) is 41.6 Å². The van der Waals surface area contributed by atoms with Gasteiger partial charge in [0.25, 0.3) is 0 Å². The van der Waals surface area contributed by atoms with Crippen LogP contribution in [0.3, 0.4) is 0 Å². The molecule has 6 heteroatoms. The lowest BCUT2D eigenvalue weighted by Crippen LogP contribution is -2.48. The Labute approximate surface area is 157 Å². The maximum absolute atomic E-state index is 8.87. The Balaban J connectivity index is 1.53. The van der Waals surface area contributed by atoms with E-state index in [-0.39, 0.29) is 11.9 Å². The van der Waals surface area contributed by atoms with Gasteiger partial charge in [0.15, 0.2) is 6.29 Å². The molecule has 2 aromatic rings. The quantitative estimate of drug-likeness (QED) is 0.506. The van der Waals surface area contributed by atoms with Gasteiger partial charge in [-0.2, -0.15) is 0 Å². The lowest BCUT2D eigenvalue weighted by molar-refractivity contribution is -0.226. The summed E-state index contributed by atoms with van der Waals surface area (Å²) in [6, 6.07) is 12.7. The van der Waals surface area contributed by atoms with Crippen molar-refractivity contribution in [2.75, 3.05) is 20.2 Å². The van der Waals surface area contributed by atoms with E-state index < -0.39 is 0 Å². The van der Waals surface area contributed by atoms with E-state index in [4.69, 9.17) is 14.7 Å². The number of benzene rings is 1. The number of rotatable bonds is 4. The lowest BCUT2D eigenvalue weighted by atomic mass is 9.82. The molecule has 3 heterocycles. The molecule has 1 N–H and O–H groups in total. The highest BCUT2D eigenvalue weighted by Crippen LogP contribution is 2.46. The van der Waals surface area contributed by atoms with Crippen LogP contribution in [0, 0.1) is 0 Å². The van der Waals surface area contributed by atoms with Crippen LogP contribution in [0.25, 0.3) is 0 Å². The number of fused-ring (bicyclic) bond motifs is 2. The molecule has 1 aromatic carbocycles. The van der Waals surface area contributed by atoms with Crippen molar-refractivity contribution < 1.29 is 14.7 Å². The molecule has 2 aliphatic heterocycles. The van der Waals surface area contributed by atoms with Crippen molar-refractivity contribution in [3.63, 3.8) is 0 Å². The fourth-order valence-electron chi connectivity index (χ4n) is 4.05. The van der Waals surface area contributed by atoms with Crippen molar-refractivity contribution in [1.82, 2.24) is 4.90 Å². The summed E-state index contributed by atoms with van der Waals surface area (Å²) in [7, 11) is 1.71. The highest BCUT2D eigenvalue weighted by atomic mass is 32.1. The number of thiophene rings is 1. The van der Waals surface area contributed by atoms with Crippen molar-refractivity contribution in [2.24, 2.45) is 5.16 Å². The molecule has 1 unspecified atom stereocenters. The summed E-state index contributed by atoms with van der Waals surface area (Å²) in [5.41, 5.74) is 2.31. The molecule has 26 heavy (non-hydrogen) atoms. The molecule has 1 spiro atoms. The fraction of sp³-hybridized carbons (Fsp3) is 0.450. The molecule has 1 fully saturated rings. The summed E-state index contributed by atoms with van der Waals surface area (Å²) in [6.07, 6.45) is 3.94. The number of ether oxygens (including phenoxy) is 2. The predicted octanol–water partition coefficient (Wildman–Crippen LogP) is 3.59. The molecule has 4 rings (SSSR count). The number of hydrogen-bond donors (Lipinski definition) is 1. The Hall–Kier alpha value is -1.73. The third-order valence-electron chi connectivity index (χ3n) is 5.39. The average molecular weight is 372 g/mol. The van der Waals surface area contributed by atoms with E-state index in [1.54, 1.807) is 18.4 Å². The van der Waals surface area contributed by atoms with Gasteiger partial charge >= 0.3 is 0 Å². The molecule has 138 valence electrons. The third-order valence-corrected chi connectivity index (χ3v) is 6.48. The van der Waals surface area contributed by atoms with Crippen LogP contribution in [-0.4, -0.2) is 42.8 Å². The number of nitrogens with zero attached hydrogens (tertiary/aromatic N) is 2. The lowest BCUT2D eigenvalue weighted by Gasteiger charge is -2.46. The van der Waals surface area contributed by atoms with Crippen LogP contribution in [-0.2, 0) is 28.0 Å². The number of methoxy groups -OCH3 is 1. The SMILES string of the molecule is COC1Cc2sc(/C=N/O)cc2C2(CCN(Cc3ccccc3)CC2)O1. The van der Waals surface area contributed by atoms with E-state index in [1.807, 2.05) is 0 Å². The topological polar surface area (TPSA) is 54.3 Å². The van der Waals surface area contributed by atoms with Crippen LogP contribution < -0.4 is 0 Å². The Morgan fingerprint density at radius 1 is 1.35 bits per heavy atom. The Morgan fingerprint density at radius 3 is 2.81 bits per heavy atom. The number of oxime groups is 1. The minimum atomic E-state index is -0.292. The second kappa shape index (κ2) is 7.48. The molecule has 1 atom stereocenters. The average Bonchev–Trinajstić information content (AvgIpc) is 3.08. The maximum Gasteiger partial charge on any atom is 0.163 e. The van der Waals surface area contributed by atoms with Gasteiger partial charge in [-0.25, -0.2) is 0 Å². The van der Waals surface area contributed by atoms with Crippen molar-refractivity contribution in [3.05, 3.63) is 57.3 Å². The Morgan fingerprint density at radius 2 is 2.12 bits per heavy atom. The predicted molar refractivity (Wildman–Crippen MR) is 102 cm³/mol. The normalized spacial score (nSPS) is 22.7. The van der Waals surface area contributed by atoms with Gasteiger partial charge in [0.1, 0.15) is 0 Å². The van der Waals surface area contributed by atoms with E-state index in [0.717, 1.165) is 43.8 Å². The van der Waals surface area contributed by atoms with Crippen LogP contribution in [0.1, 0.15) is 33.7 Å². The molecular formula is C20H24N2O3S. The van der Waals surface area contributed by atoms with Gasteiger partial charge in [0.2, 0.25) is 0 Å². The van der Waals surface area contributed by atoms with Crippen LogP contribution >= 0.6 is 11.3 Å². The molecule has 2 aliphatic rings. The summed E-state index contributed by atoms with van der Waals surface area (Å²) >= 11 is 1.67. The third kappa shape index (κ3) is 3.42. The first-order chi connectivity index (χ1) is 12.7. The summed E-state index contributed by atoms with van der Waals surface area (Å²) in [5.74, 6) is 0. The minimum Gasteiger partial charge on any atom is -0.411 e. The number of likely N-dealkylation sites (tertiary alicyclic amines) is 1. The van der Waals surface area contributed by atoms with Gasteiger partial charge in [-0.15, -0.1) is 11.3 Å². The monoisotopic (exact) mass is 372 g/mol. The molecule has 0 saturated carbocycles. The summed E-state index contributed by atoms with van der Waals surface area (Å²) in [4.78, 5) is 4.74. The zero-order valence-corrected chi connectivity index (χ0v) is 15.7. The highest BCUT2D eigenvalue weighted by Gasteiger charge is 2.45. The first-order valence-corrected chi connectivity index (χ1v) is 9.81. The molecular weight excluding hydrogens is 348 g/mol. The van der Waals surface area contributed by atoms with Crippen LogP contribution in [0.2, 0.25) is 0 Å². The summed E-state index contributed by atoms with van der Waals surface area (Å²) < 4.78 is 12.0.